The van der Waals surface area contributed by atoms with Gasteiger partial charge in [0.2, 0.25) is 5.91 Å². The molecule has 0 atom stereocenters. The summed E-state index contributed by atoms with van der Waals surface area (Å²) < 4.78 is 49.5. The number of rotatable bonds is 5. The first-order chi connectivity index (χ1) is 7.81. The number of hydrogen-bond donors (Lipinski definition) is 2. The summed E-state index contributed by atoms with van der Waals surface area (Å²) >= 11 is 0. The number of nitrogens with two attached hydrogens (primary N) is 1. The lowest BCUT2D eigenvalue weighted by molar-refractivity contribution is -0.136. The number of carbonyl (C=O) groups excluding carboxylic acids is 1. The van der Waals surface area contributed by atoms with Crippen LogP contribution in [-0.2, 0) is 11.3 Å². The highest BCUT2D eigenvalue weighted by molar-refractivity contribution is 5.75. The van der Waals surface area contributed by atoms with Crippen molar-refractivity contribution >= 4 is 11.7 Å². The molecule has 0 saturated carbocycles. The zero-order valence-electron chi connectivity index (χ0n) is 8.54. The van der Waals surface area contributed by atoms with Gasteiger partial charge in [-0.05, 0) is 6.07 Å². The predicted molar refractivity (Wildman–Crippen MR) is 50.6 cm³/mol. The van der Waals surface area contributed by atoms with Gasteiger partial charge in [0.1, 0.15) is 12.4 Å². The summed E-state index contributed by atoms with van der Waals surface area (Å²) in [4.78, 5) is 11.1. The minimum absolute atomic E-state index is 0.163. The lowest BCUT2D eigenvalue weighted by atomic mass is 10.3. The van der Waals surface area contributed by atoms with E-state index in [0.717, 1.165) is 4.68 Å². The summed E-state index contributed by atoms with van der Waals surface area (Å²) in [6, 6.07) is 1.40. The van der Waals surface area contributed by atoms with E-state index in [2.05, 4.69) is 5.10 Å². The van der Waals surface area contributed by atoms with Gasteiger partial charge in [0.15, 0.2) is 0 Å². The number of nitrogens with one attached hydrogen (secondary N) is 1. The third-order valence-electron chi connectivity index (χ3n) is 1.81. The zero-order valence-corrected chi connectivity index (χ0v) is 8.54. The van der Waals surface area contributed by atoms with Crippen LogP contribution in [-0.4, -0.2) is 34.6 Å². The van der Waals surface area contributed by atoms with Crippen molar-refractivity contribution in [2.75, 3.05) is 12.3 Å². The first-order valence-electron chi connectivity index (χ1n) is 4.53. The monoisotopic (exact) mass is 254 g/mol. The van der Waals surface area contributed by atoms with Gasteiger partial charge in [-0.2, -0.15) is 13.9 Å². The summed E-state index contributed by atoms with van der Waals surface area (Å²) in [7, 11) is 0. The molecule has 0 fully saturated rings. The summed E-state index contributed by atoms with van der Waals surface area (Å²) in [6.45, 7) is -1.78. The molecular formula is C8H10F4N4O. The standard InChI is InChI=1S/C8H10F4N4O/c9-7(10)8(11,12)4-14-6(17)3-16-2-1-5(13)15-16/h1-2,7H,3-4H2,(H2,13,15)(H,14,17). The quantitative estimate of drug-likeness (QED) is 0.751. The topological polar surface area (TPSA) is 72.9 Å². The van der Waals surface area contributed by atoms with Crippen LogP contribution in [0.4, 0.5) is 23.4 Å². The van der Waals surface area contributed by atoms with Crippen LogP contribution in [0.1, 0.15) is 0 Å². The van der Waals surface area contributed by atoms with Gasteiger partial charge in [-0.3, -0.25) is 9.48 Å². The Morgan fingerprint density at radius 3 is 2.71 bits per heavy atom. The molecule has 0 aliphatic carbocycles. The van der Waals surface area contributed by atoms with Crippen LogP contribution in [0.2, 0.25) is 0 Å². The van der Waals surface area contributed by atoms with E-state index in [1.807, 2.05) is 0 Å². The predicted octanol–water partition coefficient (Wildman–Crippen LogP) is 0.482. The summed E-state index contributed by atoms with van der Waals surface area (Å²) in [6.07, 6.45) is -2.46. The Bertz CT molecular complexity index is 393. The van der Waals surface area contributed by atoms with E-state index in [4.69, 9.17) is 5.73 Å². The number of aromatic nitrogens is 2. The lowest BCUT2D eigenvalue weighted by Crippen LogP contribution is -2.42. The van der Waals surface area contributed by atoms with Crippen LogP contribution in [0, 0.1) is 0 Å². The number of amides is 1. The van der Waals surface area contributed by atoms with E-state index in [0.29, 0.717) is 0 Å². The Balaban J connectivity index is 2.41. The molecule has 1 aromatic rings. The first kappa shape index (κ1) is 13.3. The van der Waals surface area contributed by atoms with Crippen molar-refractivity contribution in [3.8, 4) is 0 Å². The van der Waals surface area contributed by atoms with Crippen LogP contribution in [0.25, 0.3) is 0 Å². The van der Waals surface area contributed by atoms with E-state index in [1.165, 1.54) is 12.3 Å². The number of anilines is 1. The van der Waals surface area contributed by atoms with Crippen molar-refractivity contribution < 1.29 is 22.4 Å². The number of nitrogens with zero attached hydrogens (tertiary/aromatic N) is 2. The number of carbonyl (C=O) groups is 1. The molecule has 3 N–H and O–H groups in total. The maximum absolute atomic E-state index is 12.4. The maximum Gasteiger partial charge on any atom is 0.324 e. The highest BCUT2D eigenvalue weighted by Crippen LogP contribution is 2.21. The third-order valence-corrected chi connectivity index (χ3v) is 1.81. The molecule has 0 radical (unpaired) electrons. The van der Waals surface area contributed by atoms with Gasteiger partial charge in [0.05, 0.1) is 6.54 Å². The SMILES string of the molecule is Nc1ccn(CC(=O)NCC(F)(F)C(F)F)n1. The lowest BCUT2D eigenvalue weighted by Gasteiger charge is -2.15. The van der Waals surface area contributed by atoms with Crippen LogP contribution in [0.15, 0.2) is 12.3 Å². The molecule has 5 nitrogen and oxygen atoms in total. The van der Waals surface area contributed by atoms with E-state index in [-0.39, 0.29) is 12.4 Å². The fraction of sp³-hybridized carbons (Fsp3) is 0.500. The van der Waals surface area contributed by atoms with Gasteiger partial charge in [-0.1, -0.05) is 0 Å². The molecule has 0 unspecified atom stereocenters. The van der Waals surface area contributed by atoms with E-state index in [1.54, 1.807) is 5.32 Å². The molecule has 1 amide bonds. The van der Waals surface area contributed by atoms with Crippen molar-refractivity contribution in [2.45, 2.75) is 18.9 Å². The number of halogens is 4. The number of alkyl halides is 4. The Morgan fingerprint density at radius 2 is 2.24 bits per heavy atom. The maximum atomic E-state index is 12.4. The average molecular weight is 254 g/mol. The van der Waals surface area contributed by atoms with E-state index < -0.39 is 24.8 Å². The highest BCUT2D eigenvalue weighted by atomic mass is 19.3. The van der Waals surface area contributed by atoms with Gasteiger partial charge < -0.3 is 11.1 Å². The normalized spacial score (nSPS) is 11.8. The Kier molecular flexibility index (Phi) is 3.92. The van der Waals surface area contributed by atoms with Gasteiger partial charge in [0, 0.05) is 6.20 Å². The number of hydrogen-bond acceptors (Lipinski definition) is 3. The van der Waals surface area contributed by atoms with Crippen molar-refractivity contribution in [1.29, 1.82) is 0 Å². The molecule has 0 aliphatic rings. The van der Waals surface area contributed by atoms with Crippen molar-refractivity contribution in [3.05, 3.63) is 12.3 Å². The van der Waals surface area contributed by atoms with Gasteiger partial charge in [0.25, 0.3) is 0 Å². The van der Waals surface area contributed by atoms with Crippen molar-refractivity contribution in [1.82, 2.24) is 15.1 Å². The highest BCUT2D eigenvalue weighted by Gasteiger charge is 2.40. The van der Waals surface area contributed by atoms with Crippen LogP contribution >= 0.6 is 0 Å². The van der Waals surface area contributed by atoms with Crippen LogP contribution in [0.5, 0.6) is 0 Å². The van der Waals surface area contributed by atoms with Gasteiger partial charge in [-0.15, -0.1) is 0 Å². The van der Waals surface area contributed by atoms with Crippen LogP contribution in [0.3, 0.4) is 0 Å². The first-order valence-corrected chi connectivity index (χ1v) is 4.53. The molecule has 0 bridgehead atoms. The van der Waals surface area contributed by atoms with Gasteiger partial charge >= 0.3 is 12.3 Å². The summed E-state index contributed by atoms with van der Waals surface area (Å²) in [5, 5.41) is 5.32. The fourth-order valence-corrected chi connectivity index (χ4v) is 0.962. The van der Waals surface area contributed by atoms with Crippen molar-refractivity contribution in [2.24, 2.45) is 0 Å². The fourth-order valence-electron chi connectivity index (χ4n) is 0.962. The molecule has 0 saturated heterocycles. The Hall–Kier alpha value is -1.80. The second-order valence-electron chi connectivity index (χ2n) is 3.28. The molecule has 0 aromatic carbocycles. The minimum Gasteiger partial charge on any atom is -0.382 e. The second kappa shape index (κ2) is 5.02. The Morgan fingerprint density at radius 1 is 1.59 bits per heavy atom. The van der Waals surface area contributed by atoms with Crippen molar-refractivity contribution in [3.63, 3.8) is 0 Å². The molecule has 1 rings (SSSR count). The van der Waals surface area contributed by atoms with E-state index >= 15 is 0 Å². The van der Waals surface area contributed by atoms with Gasteiger partial charge in [-0.25, -0.2) is 8.78 Å². The molecule has 1 aromatic heterocycles. The smallest absolute Gasteiger partial charge is 0.324 e. The van der Waals surface area contributed by atoms with Crippen LogP contribution < -0.4 is 11.1 Å². The van der Waals surface area contributed by atoms with E-state index in [9.17, 15) is 22.4 Å². The minimum atomic E-state index is -4.24. The summed E-state index contributed by atoms with van der Waals surface area (Å²) in [5.41, 5.74) is 5.25. The molecule has 1 heterocycles. The molecule has 9 heteroatoms. The molecule has 0 spiro atoms. The Labute approximate surface area is 93.6 Å². The molecule has 17 heavy (non-hydrogen) atoms. The summed E-state index contributed by atoms with van der Waals surface area (Å²) in [5.74, 6) is -4.93. The molecule has 0 aliphatic heterocycles. The molecule has 96 valence electrons. The largest absolute Gasteiger partial charge is 0.382 e. The molecular weight excluding hydrogens is 244 g/mol. The third kappa shape index (κ3) is 3.93. The number of nitrogen functional groups attached to an aromatic ring is 1. The average Bonchev–Trinajstić information content (AvgIpc) is 2.61. The zero-order chi connectivity index (χ0) is 13.1. The second-order valence-corrected chi connectivity index (χ2v) is 3.28.